The van der Waals surface area contributed by atoms with Crippen molar-refractivity contribution in [2.75, 3.05) is 44.0 Å². The van der Waals surface area contributed by atoms with Crippen LogP contribution >= 0.6 is 12.2 Å². The molecule has 1 aliphatic rings. The zero-order valence-electron chi connectivity index (χ0n) is 14.0. The summed E-state index contributed by atoms with van der Waals surface area (Å²) in [6.07, 6.45) is 1.41. The molecule has 1 aliphatic heterocycles. The van der Waals surface area contributed by atoms with Gasteiger partial charge in [-0.25, -0.2) is 12.8 Å². The maximum Gasteiger partial charge on any atom is 0.173 e. The first-order valence-electron chi connectivity index (χ1n) is 7.96. The highest BCUT2D eigenvalue weighted by atomic mass is 32.2. The van der Waals surface area contributed by atoms with Gasteiger partial charge in [-0.3, -0.25) is 0 Å². The van der Waals surface area contributed by atoms with Crippen molar-refractivity contribution in [3.05, 3.63) is 30.1 Å². The van der Waals surface area contributed by atoms with Crippen LogP contribution in [0.5, 0.6) is 0 Å². The molecule has 1 aromatic carbocycles. The van der Waals surface area contributed by atoms with E-state index < -0.39 is 9.84 Å². The molecule has 0 unspecified atom stereocenters. The van der Waals surface area contributed by atoms with E-state index in [2.05, 4.69) is 10.2 Å². The molecule has 0 aliphatic carbocycles. The molecule has 1 atom stereocenters. The molecule has 134 valence electrons. The van der Waals surface area contributed by atoms with Gasteiger partial charge in [-0.05, 0) is 57.8 Å². The van der Waals surface area contributed by atoms with Crippen LogP contribution < -0.4 is 5.32 Å². The molecule has 5 nitrogen and oxygen atoms in total. The van der Waals surface area contributed by atoms with Crippen molar-refractivity contribution in [3.63, 3.8) is 0 Å². The summed E-state index contributed by atoms with van der Waals surface area (Å²) in [6, 6.07) is 6.17. The fourth-order valence-electron chi connectivity index (χ4n) is 2.78. The van der Waals surface area contributed by atoms with Crippen LogP contribution in [0.3, 0.4) is 0 Å². The second-order valence-corrected chi connectivity index (χ2v) is 8.93. The highest BCUT2D eigenvalue weighted by Gasteiger charge is 2.33. The van der Waals surface area contributed by atoms with E-state index >= 15 is 0 Å². The van der Waals surface area contributed by atoms with E-state index in [4.69, 9.17) is 12.2 Å². The Balaban J connectivity index is 2.09. The van der Waals surface area contributed by atoms with Gasteiger partial charge in [0.05, 0.1) is 17.2 Å². The molecule has 0 bridgehead atoms. The van der Waals surface area contributed by atoms with E-state index in [-0.39, 0.29) is 23.4 Å². The molecule has 1 saturated heterocycles. The number of sulfone groups is 1. The molecule has 0 amide bonds. The van der Waals surface area contributed by atoms with Crippen molar-refractivity contribution in [2.24, 2.45) is 0 Å². The normalized spacial score (nSPS) is 19.4. The van der Waals surface area contributed by atoms with Gasteiger partial charge >= 0.3 is 0 Å². The smallest absolute Gasteiger partial charge is 0.173 e. The van der Waals surface area contributed by atoms with Crippen LogP contribution in [0.1, 0.15) is 12.8 Å². The topological polar surface area (TPSA) is 52.6 Å². The Labute approximate surface area is 148 Å². The van der Waals surface area contributed by atoms with Gasteiger partial charge in [0, 0.05) is 12.6 Å². The molecule has 0 spiro atoms. The van der Waals surface area contributed by atoms with Crippen LogP contribution in [0.15, 0.2) is 24.3 Å². The number of nitrogens with zero attached hydrogens (tertiary/aromatic N) is 2. The van der Waals surface area contributed by atoms with Crippen molar-refractivity contribution in [1.82, 2.24) is 9.80 Å². The zero-order valence-corrected chi connectivity index (χ0v) is 15.7. The Morgan fingerprint density at radius 2 is 2.04 bits per heavy atom. The summed E-state index contributed by atoms with van der Waals surface area (Å²) in [5.41, 5.74) is 0.306. The average Bonchev–Trinajstić information content (AvgIpc) is 2.85. The molecule has 0 saturated carbocycles. The molecule has 1 heterocycles. The Bertz CT molecular complexity index is 680. The minimum absolute atomic E-state index is 0.105. The number of para-hydroxylation sites is 1. The lowest BCUT2D eigenvalue weighted by Gasteiger charge is -2.31. The predicted octanol–water partition coefficient (Wildman–Crippen LogP) is 1.96. The molecule has 2 rings (SSSR count). The summed E-state index contributed by atoms with van der Waals surface area (Å²) in [5, 5.41) is 3.30. The summed E-state index contributed by atoms with van der Waals surface area (Å²) < 4.78 is 37.4. The first-order chi connectivity index (χ1) is 11.3. The summed E-state index contributed by atoms with van der Waals surface area (Å²) >= 11 is 5.45. The standard InChI is InChI=1S/C16H24FN3O2S2/c1-19(2)9-5-10-20(13-8-11-24(21,22)12-13)16(23)18-15-7-4-3-6-14(15)17/h3-4,6-7,13H,5,8-12H2,1-2H3,(H,18,23)/t13-/m0/s1. The number of nitrogens with one attached hydrogen (secondary N) is 1. The van der Waals surface area contributed by atoms with Gasteiger partial charge in [0.2, 0.25) is 0 Å². The predicted molar refractivity (Wildman–Crippen MR) is 99.6 cm³/mol. The highest BCUT2D eigenvalue weighted by Crippen LogP contribution is 2.20. The highest BCUT2D eigenvalue weighted by molar-refractivity contribution is 7.91. The SMILES string of the molecule is CN(C)CCCN(C(=S)Nc1ccccc1F)[C@H]1CCS(=O)(=O)C1. The van der Waals surface area contributed by atoms with Gasteiger partial charge in [0.25, 0.3) is 0 Å². The summed E-state index contributed by atoms with van der Waals surface area (Å²) in [4.78, 5) is 3.97. The van der Waals surface area contributed by atoms with Crippen molar-refractivity contribution < 1.29 is 12.8 Å². The third-order valence-corrected chi connectivity index (χ3v) is 6.12. The van der Waals surface area contributed by atoms with E-state index in [0.29, 0.717) is 23.8 Å². The van der Waals surface area contributed by atoms with E-state index in [1.54, 1.807) is 18.2 Å². The lowest BCUT2D eigenvalue weighted by Crippen LogP contribution is -2.44. The Morgan fingerprint density at radius 3 is 2.62 bits per heavy atom. The van der Waals surface area contributed by atoms with Gasteiger partial charge in [0.15, 0.2) is 14.9 Å². The molecule has 1 aromatic rings. The maximum atomic E-state index is 13.8. The van der Waals surface area contributed by atoms with Crippen molar-refractivity contribution >= 4 is 32.9 Å². The Kier molecular flexibility index (Phi) is 6.54. The molecule has 8 heteroatoms. The monoisotopic (exact) mass is 373 g/mol. The minimum atomic E-state index is -3.01. The quantitative estimate of drug-likeness (QED) is 0.770. The van der Waals surface area contributed by atoms with E-state index in [0.717, 1.165) is 13.0 Å². The zero-order chi connectivity index (χ0) is 17.7. The third-order valence-electron chi connectivity index (χ3n) is 4.03. The van der Waals surface area contributed by atoms with Crippen LogP contribution in [-0.2, 0) is 9.84 Å². The summed E-state index contributed by atoms with van der Waals surface area (Å²) in [5.74, 6) is -0.0924. The van der Waals surface area contributed by atoms with Crippen molar-refractivity contribution in [3.8, 4) is 0 Å². The van der Waals surface area contributed by atoms with Gasteiger partial charge in [-0.2, -0.15) is 0 Å². The summed E-state index contributed by atoms with van der Waals surface area (Å²) in [7, 11) is 0.963. The molecular weight excluding hydrogens is 349 g/mol. The first-order valence-corrected chi connectivity index (χ1v) is 10.2. The van der Waals surface area contributed by atoms with Gasteiger partial charge in [-0.15, -0.1) is 0 Å². The lowest BCUT2D eigenvalue weighted by molar-refractivity contribution is 0.306. The number of hydrogen-bond donors (Lipinski definition) is 1. The Morgan fingerprint density at radius 1 is 1.33 bits per heavy atom. The number of benzene rings is 1. The average molecular weight is 374 g/mol. The van der Waals surface area contributed by atoms with Gasteiger partial charge in [-0.1, -0.05) is 12.1 Å². The van der Waals surface area contributed by atoms with Gasteiger partial charge in [0.1, 0.15) is 5.82 Å². The molecule has 0 aromatic heterocycles. The van der Waals surface area contributed by atoms with Crippen LogP contribution in [0.4, 0.5) is 10.1 Å². The van der Waals surface area contributed by atoms with Gasteiger partial charge < -0.3 is 15.1 Å². The fraction of sp³-hybridized carbons (Fsp3) is 0.562. The van der Waals surface area contributed by atoms with Crippen LogP contribution in [-0.4, -0.2) is 68.1 Å². The Hall–Kier alpha value is -1.25. The second-order valence-electron chi connectivity index (χ2n) is 6.32. The van der Waals surface area contributed by atoms with Crippen LogP contribution in [0.2, 0.25) is 0 Å². The molecule has 1 fully saturated rings. The number of hydrogen-bond acceptors (Lipinski definition) is 4. The van der Waals surface area contributed by atoms with Crippen molar-refractivity contribution in [1.29, 1.82) is 0 Å². The van der Waals surface area contributed by atoms with E-state index in [9.17, 15) is 12.8 Å². The van der Waals surface area contributed by atoms with Crippen LogP contribution in [0.25, 0.3) is 0 Å². The third kappa shape index (κ3) is 5.39. The number of rotatable bonds is 6. The molecular formula is C16H24FN3O2S2. The number of anilines is 1. The molecule has 1 N–H and O–H groups in total. The number of thiocarbonyl (C=S) groups is 1. The van der Waals surface area contributed by atoms with E-state index in [1.807, 2.05) is 19.0 Å². The second kappa shape index (κ2) is 8.22. The number of halogens is 1. The fourth-order valence-corrected chi connectivity index (χ4v) is 4.86. The van der Waals surface area contributed by atoms with Crippen LogP contribution in [0, 0.1) is 5.82 Å². The molecule has 24 heavy (non-hydrogen) atoms. The maximum absolute atomic E-state index is 13.8. The van der Waals surface area contributed by atoms with Crippen molar-refractivity contribution in [2.45, 2.75) is 18.9 Å². The lowest BCUT2D eigenvalue weighted by atomic mass is 10.2. The minimum Gasteiger partial charge on any atom is -0.345 e. The summed E-state index contributed by atoms with van der Waals surface area (Å²) in [6.45, 7) is 1.51. The largest absolute Gasteiger partial charge is 0.345 e. The first kappa shape index (κ1) is 19.1. The molecule has 0 radical (unpaired) electrons. The van der Waals surface area contributed by atoms with E-state index in [1.165, 1.54) is 6.07 Å².